The van der Waals surface area contributed by atoms with E-state index in [-0.39, 0.29) is 11.6 Å². The van der Waals surface area contributed by atoms with Crippen LogP contribution in [0.25, 0.3) is 0 Å². The van der Waals surface area contributed by atoms with Gasteiger partial charge in [-0.1, -0.05) is 6.07 Å². The van der Waals surface area contributed by atoms with Crippen LogP contribution in [0.3, 0.4) is 0 Å². The summed E-state index contributed by atoms with van der Waals surface area (Å²) in [6, 6.07) is 16.7. The van der Waals surface area contributed by atoms with Crippen molar-refractivity contribution in [1.82, 2.24) is 10.3 Å². The van der Waals surface area contributed by atoms with Crippen LogP contribution in [0.5, 0.6) is 0 Å². The first kappa shape index (κ1) is 21.6. The minimum atomic E-state index is -0.960. The molecular weight excluding hydrogens is 402 g/mol. The molecule has 7 nitrogen and oxygen atoms in total. The lowest BCUT2D eigenvalue weighted by Crippen LogP contribution is -2.34. The fourth-order valence-electron chi connectivity index (χ4n) is 4.09. The number of nitrogens with one attached hydrogen (secondary N) is 2. The summed E-state index contributed by atoms with van der Waals surface area (Å²) in [4.78, 5) is 19.8. The Hall–Kier alpha value is -3.58. The van der Waals surface area contributed by atoms with Gasteiger partial charge in [0.25, 0.3) is 0 Å². The van der Waals surface area contributed by atoms with Gasteiger partial charge in [0.1, 0.15) is 0 Å². The van der Waals surface area contributed by atoms with Crippen molar-refractivity contribution < 1.29 is 9.90 Å². The van der Waals surface area contributed by atoms with E-state index in [0.29, 0.717) is 12.2 Å². The molecule has 3 N–H and O–H groups in total. The largest absolute Gasteiger partial charge is 0.478 e. The molecule has 2 heterocycles. The molecule has 32 heavy (non-hydrogen) atoms. The van der Waals surface area contributed by atoms with E-state index in [0.717, 1.165) is 24.3 Å². The minimum absolute atomic E-state index is 0.0966. The molecule has 0 aliphatic carbocycles. The molecule has 0 saturated heterocycles. The smallest absolute Gasteiger partial charge is 0.337 e. The number of aromatic nitrogens is 1. The summed E-state index contributed by atoms with van der Waals surface area (Å²) in [6.07, 6.45) is 4.02. The minimum Gasteiger partial charge on any atom is -0.478 e. The second kappa shape index (κ2) is 9.28. The number of pyridine rings is 1. The average molecular weight is 432 g/mol. The van der Waals surface area contributed by atoms with Crippen molar-refractivity contribution in [2.45, 2.75) is 12.5 Å². The van der Waals surface area contributed by atoms with Crippen molar-refractivity contribution in [3.05, 3.63) is 77.6 Å². The number of anilines is 4. The van der Waals surface area contributed by atoms with Crippen molar-refractivity contribution in [3.63, 3.8) is 0 Å². The maximum Gasteiger partial charge on any atom is 0.337 e. The van der Waals surface area contributed by atoms with Crippen LogP contribution in [-0.4, -0.2) is 50.3 Å². The Balaban J connectivity index is 1.51. The van der Waals surface area contributed by atoms with Crippen molar-refractivity contribution in [2.75, 3.05) is 49.3 Å². The van der Waals surface area contributed by atoms with E-state index < -0.39 is 5.97 Å². The van der Waals surface area contributed by atoms with Gasteiger partial charge in [0.2, 0.25) is 0 Å². The quantitative estimate of drug-likeness (QED) is 0.523. The van der Waals surface area contributed by atoms with Gasteiger partial charge in [0.05, 0.1) is 17.4 Å². The number of benzene rings is 2. The maximum atomic E-state index is 11.5. The third-order valence-electron chi connectivity index (χ3n) is 5.98. The van der Waals surface area contributed by atoms with Crippen molar-refractivity contribution in [1.29, 1.82) is 0 Å². The van der Waals surface area contributed by atoms with Gasteiger partial charge >= 0.3 is 5.97 Å². The van der Waals surface area contributed by atoms with E-state index in [2.05, 4.69) is 74.9 Å². The van der Waals surface area contributed by atoms with E-state index in [1.54, 1.807) is 6.20 Å². The monoisotopic (exact) mass is 431 g/mol. The van der Waals surface area contributed by atoms with Crippen molar-refractivity contribution in [3.8, 4) is 0 Å². The van der Waals surface area contributed by atoms with Gasteiger partial charge in [0.15, 0.2) is 0 Å². The zero-order valence-corrected chi connectivity index (χ0v) is 18.7. The topological polar surface area (TPSA) is 80.7 Å². The molecule has 0 spiro atoms. The number of carboxylic acid groups (broad SMARTS) is 1. The molecule has 1 aromatic heterocycles. The summed E-state index contributed by atoms with van der Waals surface area (Å²) in [5.41, 5.74) is 6.78. The molecule has 4 rings (SSSR count). The molecule has 0 unspecified atom stereocenters. The number of carboxylic acids is 1. The molecule has 166 valence electrons. The highest BCUT2D eigenvalue weighted by Crippen LogP contribution is 2.31. The van der Waals surface area contributed by atoms with E-state index in [1.165, 1.54) is 29.1 Å². The standard InChI is InChI=1S/C25H29N5O2/c1-29(2)18-4-6-19(7-5-18)30(3)20-8-9-21-17(14-20)10-13-27-24(21)16-28-23-15-26-12-11-22(23)25(31)32/h4-9,11-12,14-15,24,27-28H,10,13,16H2,1-3H3,(H,31,32)/t24-/m1/s1. The van der Waals surface area contributed by atoms with Crippen LogP contribution in [0.2, 0.25) is 0 Å². The SMILES string of the molecule is CN(C)c1ccc(N(C)c2ccc3c(c2)CCN[C@@H]3CNc2cnccc2C(=O)O)cc1. The highest BCUT2D eigenvalue weighted by Gasteiger charge is 2.21. The number of hydrogen-bond acceptors (Lipinski definition) is 6. The summed E-state index contributed by atoms with van der Waals surface area (Å²) < 4.78 is 0. The predicted molar refractivity (Wildman–Crippen MR) is 129 cm³/mol. The van der Waals surface area contributed by atoms with Gasteiger partial charge in [-0.2, -0.15) is 0 Å². The molecule has 0 saturated carbocycles. The Morgan fingerprint density at radius 2 is 1.81 bits per heavy atom. The fourth-order valence-corrected chi connectivity index (χ4v) is 4.09. The summed E-state index contributed by atoms with van der Waals surface area (Å²) in [7, 11) is 6.17. The van der Waals surface area contributed by atoms with Crippen molar-refractivity contribution in [2.24, 2.45) is 0 Å². The van der Waals surface area contributed by atoms with Crippen LogP contribution in [0.1, 0.15) is 27.5 Å². The maximum absolute atomic E-state index is 11.5. The molecule has 0 bridgehead atoms. The lowest BCUT2D eigenvalue weighted by atomic mass is 9.93. The number of aromatic carboxylic acids is 1. The lowest BCUT2D eigenvalue weighted by Gasteiger charge is -2.29. The summed E-state index contributed by atoms with van der Waals surface area (Å²) in [6.45, 7) is 1.46. The van der Waals surface area contributed by atoms with E-state index in [1.807, 2.05) is 14.1 Å². The second-order valence-electron chi connectivity index (χ2n) is 8.22. The van der Waals surface area contributed by atoms with Crippen LogP contribution >= 0.6 is 0 Å². The Morgan fingerprint density at radius 3 is 2.53 bits per heavy atom. The van der Waals surface area contributed by atoms with E-state index >= 15 is 0 Å². The number of hydrogen-bond donors (Lipinski definition) is 3. The fraction of sp³-hybridized carbons (Fsp3) is 0.280. The van der Waals surface area contributed by atoms with Gasteiger partial charge in [0, 0.05) is 57.0 Å². The first-order valence-corrected chi connectivity index (χ1v) is 10.7. The normalized spacial score (nSPS) is 15.0. The van der Waals surface area contributed by atoms with Crippen LogP contribution < -0.4 is 20.4 Å². The Labute approximate surface area is 188 Å². The number of rotatable bonds is 7. The third kappa shape index (κ3) is 4.53. The van der Waals surface area contributed by atoms with Crippen LogP contribution in [0, 0.1) is 0 Å². The van der Waals surface area contributed by atoms with Gasteiger partial charge in [-0.3, -0.25) is 4.98 Å². The van der Waals surface area contributed by atoms with E-state index in [9.17, 15) is 9.90 Å². The molecule has 0 fully saturated rings. The van der Waals surface area contributed by atoms with Gasteiger partial charge in [-0.25, -0.2) is 4.79 Å². The second-order valence-corrected chi connectivity index (χ2v) is 8.22. The Bertz CT molecular complexity index is 1100. The molecule has 2 aromatic carbocycles. The molecule has 0 radical (unpaired) electrons. The summed E-state index contributed by atoms with van der Waals surface area (Å²) in [5.74, 6) is -0.960. The van der Waals surface area contributed by atoms with Crippen LogP contribution in [0.15, 0.2) is 60.9 Å². The zero-order valence-electron chi connectivity index (χ0n) is 18.7. The van der Waals surface area contributed by atoms with Gasteiger partial charge in [-0.05, 0) is 66.6 Å². The average Bonchev–Trinajstić information content (AvgIpc) is 2.82. The molecule has 1 aliphatic rings. The van der Waals surface area contributed by atoms with Crippen molar-refractivity contribution >= 4 is 28.7 Å². The van der Waals surface area contributed by atoms with Crippen LogP contribution in [-0.2, 0) is 6.42 Å². The zero-order chi connectivity index (χ0) is 22.7. The Kier molecular flexibility index (Phi) is 6.28. The van der Waals surface area contributed by atoms with Gasteiger partial charge in [-0.15, -0.1) is 0 Å². The first-order valence-electron chi connectivity index (χ1n) is 10.7. The highest BCUT2D eigenvalue weighted by atomic mass is 16.4. The van der Waals surface area contributed by atoms with Gasteiger partial charge < -0.3 is 25.5 Å². The molecule has 3 aromatic rings. The first-order chi connectivity index (χ1) is 15.4. The number of nitrogens with zero attached hydrogens (tertiary/aromatic N) is 3. The molecule has 7 heteroatoms. The lowest BCUT2D eigenvalue weighted by molar-refractivity contribution is 0.0697. The summed E-state index contributed by atoms with van der Waals surface area (Å²) >= 11 is 0. The predicted octanol–water partition coefficient (Wildman–Crippen LogP) is 3.91. The molecular formula is C25H29N5O2. The molecule has 1 aliphatic heterocycles. The third-order valence-corrected chi connectivity index (χ3v) is 5.98. The molecule has 1 atom stereocenters. The highest BCUT2D eigenvalue weighted by molar-refractivity contribution is 5.93. The van der Waals surface area contributed by atoms with E-state index in [4.69, 9.17) is 0 Å². The molecule has 0 amide bonds. The number of fused-ring (bicyclic) bond motifs is 1. The van der Waals surface area contributed by atoms with Crippen LogP contribution in [0.4, 0.5) is 22.7 Å². The Morgan fingerprint density at radius 1 is 1.09 bits per heavy atom. The summed E-state index contributed by atoms with van der Waals surface area (Å²) in [5, 5.41) is 16.2. The number of carbonyl (C=O) groups is 1.